The number of carbonyl (C=O) groups excluding carboxylic acids is 1. The molecule has 1 amide bonds. The number of rotatable bonds is 5. The van der Waals surface area contributed by atoms with Gasteiger partial charge in [0, 0.05) is 5.56 Å². The highest BCUT2D eigenvalue weighted by atomic mass is 16.7. The Bertz CT molecular complexity index is 627. The van der Waals surface area contributed by atoms with Crippen molar-refractivity contribution in [1.82, 2.24) is 5.43 Å². The minimum absolute atomic E-state index is 0.0755. The molecule has 0 spiro atoms. The average molecular weight is 336 g/mol. The number of benzene rings is 1. The summed E-state index contributed by atoms with van der Waals surface area (Å²) in [5.41, 5.74) is 3.36. The number of nitrogens with zero attached hydrogens (tertiary/aromatic N) is 1. The monoisotopic (exact) mass is 336 g/mol. The van der Waals surface area contributed by atoms with Crippen LogP contribution in [0.1, 0.15) is 5.56 Å². The number of carbonyl (C=O) groups is 1. The molecule has 0 aromatic heterocycles. The largest absolute Gasteiger partial charge is 0.493 e. The molecule has 0 unspecified atom stereocenters. The number of likely N-dealkylation sites (N-methyl/N-ethyl adjacent to an activating group) is 1. The van der Waals surface area contributed by atoms with Gasteiger partial charge in [-0.25, -0.2) is 5.43 Å². The standard InChI is InChI=1S/C16H22N4O4/c1-19-3-5-20(6-4-19)10-15(21)18-17-9-12-7-13(22-2)16-14(8-12)23-11-24-16/h7-9H,3-6,10-11H2,1-2H3,(H,18,21)/p+2. The molecule has 8 nitrogen and oxygen atoms in total. The Morgan fingerprint density at radius 2 is 2.12 bits per heavy atom. The Labute approximate surface area is 141 Å². The molecule has 0 saturated carbocycles. The summed E-state index contributed by atoms with van der Waals surface area (Å²) >= 11 is 0. The van der Waals surface area contributed by atoms with E-state index in [4.69, 9.17) is 14.2 Å². The molecule has 1 aromatic carbocycles. The van der Waals surface area contributed by atoms with Crippen molar-refractivity contribution in [2.75, 3.05) is 53.7 Å². The predicted octanol–water partition coefficient (Wildman–Crippen LogP) is -2.71. The lowest BCUT2D eigenvalue weighted by molar-refractivity contribution is -1.000. The number of quaternary nitrogens is 2. The quantitative estimate of drug-likeness (QED) is 0.404. The lowest BCUT2D eigenvalue weighted by atomic mass is 10.2. The van der Waals surface area contributed by atoms with Crippen LogP contribution in [0.3, 0.4) is 0 Å². The molecule has 1 fully saturated rings. The fourth-order valence-electron chi connectivity index (χ4n) is 2.88. The van der Waals surface area contributed by atoms with Crippen LogP contribution in [0.5, 0.6) is 17.2 Å². The summed E-state index contributed by atoms with van der Waals surface area (Å²) in [7, 11) is 3.75. The van der Waals surface area contributed by atoms with Gasteiger partial charge in [-0.1, -0.05) is 0 Å². The van der Waals surface area contributed by atoms with E-state index in [1.54, 1.807) is 25.5 Å². The van der Waals surface area contributed by atoms with E-state index >= 15 is 0 Å². The summed E-state index contributed by atoms with van der Waals surface area (Å²) in [5, 5.41) is 4.03. The summed E-state index contributed by atoms with van der Waals surface area (Å²) in [6, 6.07) is 3.59. The van der Waals surface area contributed by atoms with E-state index in [0.717, 1.165) is 31.7 Å². The Balaban J connectivity index is 1.53. The van der Waals surface area contributed by atoms with Gasteiger partial charge in [0.05, 0.1) is 20.4 Å². The number of hydrogen-bond acceptors (Lipinski definition) is 5. The van der Waals surface area contributed by atoms with Crippen molar-refractivity contribution in [3.05, 3.63) is 17.7 Å². The third kappa shape index (κ3) is 3.95. The zero-order chi connectivity index (χ0) is 16.9. The molecule has 130 valence electrons. The first-order valence-electron chi connectivity index (χ1n) is 8.10. The summed E-state index contributed by atoms with van der Waals surface area (Å²) < 4.78 is 16.0. The third-order valence-electron chi connectivity index (χ3n) is 4.30. The maximum absolute atomic E-state index is 12.0. The summed E-state index contributed by atoms with van der Waals surface area (Å²) in [5.74, 6) is 1.72. The van der Waals surface area contributed by atoms with Crippen molar-refractivity contribution in [2.24, 2.45) is 5.10 Å². The van der Waals surface area contributed by atoms with Crippen LogP contribution in [0, 0.1) is 0 Å². The SMILES string of the molecule is COc1cc(C=NNC(=O)C[NH+]2CC[NH+](C)CC2)cc2c1OCO2. The van der Waals surface area contributed by atoms with E-state index < -0.39 is 0 Å². The maximum Gasteiger partial charge on any atom is 0.295 e. The Morgan fingerprint density at radius 1 is 1.33 bits per heavy atom. The highest BCUT2D eigenvalue weighted by molar-refractivity contribution is 5.84. The van der Waals surface area contributed by atoms with E-state index in [9.17, 15) is 4.79 Å². The number of fused-ring (bicyclic) bond motifs is 1. The number of methoxy groups -OCH3 is 1. The van der Waals surface area contributed by atoms with Crippen LogP contribution in [0.25, 0.3) is 0 Å². The molecule has 8 heteroatoms. The molecule has 2 aliphatic rings. The normalized spacial score (nSPS) is 22.6. The van der Waals surface area contributed by atoms with Gasteiger partial charge in [0.1, 0.15) is 26.2 Å². The maximum atomic E-state index is 12.0. The Morgan fingerprint density at radius 3 is 2.88 bits per heavy atom. The fourth-order valence-corrected chi connectivity index (χ4v) is 2.88. The van der Waals surface area contributed by atoms with Gasteiger partial charge < -0.3 is 24.0 Å². The van der Waals surface area contributed by atoms with E-state index in [1.165, 1.54) is 9.80 Å². The van der Waals surface area contributed by atoms with Gasteiger partial charge in [0.2, 0.25) is 12.5 Å². The van der Waals surface area contributed by atoms with E-state index in [0.29, 0.717) is 23.8 Å². The molecule has 1 aromatic rings. The third-order valence-corrected chi connectivity index (χ3v) is 4.30. The van der Waals surface area contributed by atoms with Gasteiger partial charge in [0.25, 0.3) is 5.91 Å². The lowest BCUT2D eigenvalue weighted by Gasteiger charge is -2.26. The van der Waals surface area contributed by atoms with Crippen LogP contribution < -0.4 is 29.4 Å². The van der Waals surface area contributed by atoms with E-state index in [2.05, 4.69) is 17.6 Å². The first kappa shape index (κ1) is 16.5. The summed E-state index contributed by atoms with van der Waals surface area (Å²) in [6.07, 6.45) is 1.58. The van der Waals surface area contributed by atoms with Crippen molar-refractivity contribution in [3.63, 3.8) is 0 Å². The second-order valence-corrected chi connectivity index (χ2v) is 6.13. The molecular formula is C16H24N4O4+2. The molecule has 0 bridgehead atoms. The number of hydrazone groups is 1. The van der Waals surface area contributed by atoms with E-state index in [-0.39, 0.29) is 12.7 Å². The van der Waals surface area contributed by atoms with Crippen LogP contribution in [0.4, 0.5) is 0 Å². The van der Waals surface area contributed by atoms with Crippen molar-refractivity contribution >= 4 is 12.1 Å². The molecule has 2 heterocycles. The van der Waals surface area contributed by atoms with Crippen molar-refractivity contribution < 1.29 is 28.8 Å². The zero-order valence-corrected chi connectivity index (χ0v) is 14.1. The fraction of sp³-hybridized carbons (Fsp3) is 0.500. The molecular weight excluding hydrogens is 312 g/mol. The van der Waals surface area contributed by atoms with Gasteiger partial charge in [-0.15, -0.1) is 0 Å². The summed E-state index contributed by atoms with van der Waals surface area (Å²) in [4.78, 5) is 14.8. The predicted molar refractivity (Wildman–Crippen MR) is 87.0 cm³/mol. The van der Waals surface area contributed by atoms with Crippen LogP contribution in [-0.4, -0.2) is 65.8 Å². The zero-order valence-electron chi connectivity index (χ0n) is 14.1. The number of piperazine rings is 1. The minimum Gasteiger partial charge on any atom is -0.493 e. The number of nitrogens with one attached hydrogen (secondary N) is 3. The molecule has 24 heavy (non-hydrogen) atoms. The van der Waals surface area contributed by atoms with Crippen molar-refractivity contribution in [2.45, 2.75) is 0 Å². The Kier molecular flexibility index (Phi) is 5.17. The average Bonchev–Trinajstić information content (AvgIpc) is 3.05. The van der Waals surface area contributed by atoms with Crippen molar-refractivity contribution in [3.8, 4) is 17.2 Å². The number of hydrogen-bond donors (Lipinski definition) is 3. The lowest BCUT2D eigenvalue weighted by Crippen LogP contribution is -3.27. The number of amides is 1. The first-order valence-corrected chi connectivity index (χ1v) is 8.10. The van der Waals surface area contributed by atoms with Gasteiger partial charge >= 0.3 is 0 Å². The number of ether oxygens (including phenoxy) is 3. The second kappa shape index (κ2) is 7.50. The van der Waals surface area contributed by atoms with Crippen LogP contribution in [0.2, 0.25) is 0 Å². The van der Waals surface area contributed by atoms with Crippen LogP contribution in [0.15, 0.2) is 17.2 Å². The van der Waals surface area contributed by atoms with Crippen LogP contribution in [-0.2, 0) is 4.79 Å². The van der Waals surface area contributed by atoms with E-state index in [1.807, 2.05) is 0 Å². The molecule has 3 rings (SSSR count). The molecule has 0 radical (unpaired) electrons. The highest BCUT2D eigenvalue weighted by Crippen LogP contribution is 2.41. The minimum atomic E-state index is -0.0755. The van der Waals surface area contributed by atoms with Gasteiger partial charge in [-0.2, -0.15) is 5.10 Å². The van der Waals surface area contributed by atoms with Crippen LogP contribution >= 0.6 is 0 Å². The molecule has 1 saturated heterocycles. The van der Waals surface area contributed by atoms with Gasteiger partial charge in [0.15, 0.2) is 18.0 Å². The summed E-state index contributed by atoms with van der Waals surface area (Å²) in [6.45, 7) is 4.87. The Hall–Kier alpha value is -2.32. The molecule has 3 N–H and O–H groups in total. The highest BCUT2D eigenvalue weighted by Gasteiger charge is 2.22. The van der Waals surface area contributed by atoms with Crippen molar-refractivity contribution in [1.29, 1.82) is 0 Å². The first-order chi connectivity index (χ1) is 11.7. The second-order valence-electron chi connectivity index (χ2n) is 6.13. The molecule has 0 aliphatic carbocycles. The van der Waals surface area contributed by atoms with Gasteiger partial charge in [-0.3, -0.25) is 4.79 Å². The molecule has 2 aliphatic heterocycles. The molecule has 0 atom stereocenters. The topological polar surface area (TPSA) is 78.0 Å². The smallest absolute Gasteiger partial charge is 0.295 e. The van der Waals surface area contributed by atoms with Gasteiger partial charge in [-0.05, 0) is 12.1 Å².